The Morgan fingerprint density at radius 2 is 2.06 bits per heavy atom. The number of halogens is 2. The first-order valence-electron chi connectivity index (χ1n) is 5.25. The van der Waals surface area contributed by atoms with Gasteiger partial charge in [-0.1, -0.05) is 0 Å². The fraction of sp³-hybridized carbons (Fsp3) is 0.364. The van der Waals surface area contributed by atoms with Gasteiger partial charge < -0.3 is 4.90 Å². The molecule has 18 heavy (non-hydrogen) atoms. The molecule has 1 saturated heterocycles. The number of imide groups is 1. The molecule has 0 atom stereocenters. The number of nitrogens with one attached hydrogen (secondary N) is 1. The Morgan fingerprint density at radius 1 is 1.39 bits per heavy atom. The zero-order chi connectivity index (χ0) is 13.5. The second-order valence-electron chi connectivity index (χ2n) is 4.48. The van der Waals surface area contributed by atoms with Gasteiger partial charge in [-0.15, -0.1) is 0 Å². The Bertz CT molecular complexity index is 531. The number of rotatable bonds is 1. The van der Waals surface area contributed by atoms with Gasteiger partial charge in [-0.3, -0.25) is 14.9 Å². The van der Waals surface area contributed by atoms with Crippen molar-refractivity contribution in [1.82, 2.24) is 10.3 Å². The molecule has 2 amide bonds. The summed E-state index contributed by atoms with van der Waals surface area (Å²) in [6, 6.07) is 1.83. The van der Waals surface area contributed by atoms with E-state index < -0.39 is 5.54 Å². The molecule has 7 heteroatoms. The van der Waals surface area contributed by atoms with Gasteiger partial charge in [-0.2, -0.15) is 0 Å². The van der Waals surface area contributed by atoms with Crippen LogP contribution < -0.4 is 10.2 Å². The van der Waals surface area contributed by atoms with Crippen LogP contribution in [0.5, 0.6) is 0 Å². The van der Waals surface area contributed by atoms with Gasteiger partial charge in [-0.05, 0) is 51.8 Å². The number of aromatic nitrogens is 1. The summed E-state index contributed by atoms with van der Waals surface area (Å²) in [5.41, 5.74) is -0.822. The summed E-state index contributed by atoms with van der Waals surface area (Å²) in [7, 11) is 0. The van der Waals surface area contributed by atoms with Crippen LogP contribution >= 0.6 is 31.9 Å². The summed E-state index contributed by atoms with van der Waals surface area (Å²) in [5, 5.41) is 2.33. The summed E-state index contributed by atoms with van der Waals surface area (Å²) >= 11 is 6.71. The summed E-state index contributed by atoms with van der Waals surface area (Å²) in [6.45, 7) is 3.61. The van der Waals surface area contributed by atoms with E-state index in [2.05, 4.69) is 42.2 Å². The second kappa shape index (κ2) is 4.62. The number of carbonyl (C=O) groups excluding carboxylic acids is 2. The van der Waals surface area contributed by atoms with Crippen molar-refractivity contribution in [3.63, 3.8) is 0 Å². The average Bonchev–Trinajstić information content (AvgIpc) is 2.24. The third-order valence-electron chi connectivity index (χ3n) is 2.83. The van der Waals surface area contributed by atoms with Crippen LogP contribution in [0.4, 0.5) is 5.82 Å². The van der Waals surface area contributed by atoms with E-state index in [0.29, 0.717) is 5.82 Å². The van der Waals surface area contributed by atoms with Gasteiger partial charge in [-0.25, -0.2) is 4.98 Å². The van der Waals surface area contributed by atoms with Crippen LogP contribution in [0, 0.1) is 0 Å². The maximum atomic E-state index is 11.9. The average molecular weight is 377 g/mol. The molecule has 1 aromatic heterocycles. The van der Waals surface area contributed by atoms with Crippen LogP contribution in [-0.2, 0) is 9.59 Å². The topological polar surface area (TPSA) is 62.3 Å². The zero-order valence-electron chi connectivity index (χ0n) is 9.83. The molecule has 1 aliphatic rings. The number of amides is 2. The Hall–Kier alpha value is -0.950. The molecule has 2 heterocycles. The van der Waals surface area contributed by atoms with Gasteiger partial charge in [0.25, 0.3) is 5.91 Å². The van der Waals surface area contributed by atoms with Crippen molar-refractivity contribution < 1.29 is 9.59 Å². The maximum Gasteiger partial charge on any atom is 0.251 e. The first-order valence-corrected chi connectivity index (χ1v) is 6.84. The number of carbonyl (C=O) groups is 2. The minimum absolute atomic E-state index is 0.103. The van der Waals surface area contributed by atoms with E-state index in [4.69, 9.17) is 0 Å². The lowest BCUT2D eigenvalue weighted by molar-refractivity contribution is -0.135. The molecule has 1 aliphatic heterocycles. The third kappa shape index (κ3) is 2.29. The van der Waals surface area contributed by atoms with Crippen molar-refractivity contribution >= 4 is 49.5 Å². The molecule has 96 valence electrons. The number of nitrogens with zero attached hydrogens (tertiary/aromatic N) is 2. The highest BCUT2D eigenvalue weighted by Crippen LogP contribution is 2.32. The molecule has 0 saturated carbocycles. The first-order chi connectivity index (χ1) is 8.32. The lowest BCUT2D eigenvalue weighted by Crippen LogP contribution is -2.64. The predicted octanol–water partition coefficient (Wildman–Crippen LogP) is 1.85. The Labute approximate surface area is 121 Å². The van der Waals surface area contributed by atoms with Crippen molar-refractivity contribution in [2.24, 2.45) is 0 Å². The van der Waals surface area contributed by atoms with E-state index in [9.17, 15) is 9.59 Å². The van der Waals surface area contributed by atoms with E-state index in [1.165, 1.54) is 0 Å². The van der Waals surface area contributed by atoms with Crippen molar-refractivity contribution in [2.75, 3.05) is 11.4 Å². The highest BCUT2D eigenvalue weighted by Gasteiger charge is 2.42. The Balaban J connectivity index is 2.47. The molecular weight excluding hydrogens is 366 g/mol. The van der Waals surface area contributed by atoms with E-state index in [0.717, 1.165) is 8.95 Å². The van der Waals surface area contributed by atoms with E-state index in [1.807, 2.05) is 6.07 Å². The number of anilines is 1. The van der Waals surface area contributed by atoms with E-state index >= 15 is 0 Å². The standard InChI is InChI=1S/C11H11Br2N3O2/c1-11(2)10(18)15-8(17)5-16(11)9-7(13)3-6(12)4-14-9/h3-4H,5H2,1-2H3,(H,15,17,18). The molecule has 1 N–H and O–H groups in total. The fourth-order valence-corrected chi connectivity index (χ4v) is 2.93. The lowest BCUT2D eigenvalue weighted by atomic mass is 9.99. The molecule has 1 aromatic rings. The highest BCUT2D eigenvalue weighted by atomic mass is 79.9. The van der Waals surface area contributed by atoms with Crippen LogP contribution in [0.2, 0.25) is 0 Å². The normalized spacial score (nSPS) is 18.8. The summed E-state index contributed by atoms with van der Waals surface area (Å²) in [6.07, 6.45) is 1.63. The predicted molar refractivity (Wildman–Crippen MR) is 74.2 cm³/mol. The van der Waals surface area contributed by atoms with Crippen LogP contribution in [0.25, 0.3) is 0 Å². The Morgan fingerprint density at radius 3 is 2.67 bits per heavy atom. The molecule has 0 aliphatic carbocycles. The van der Waals surface area contributed by atoms with Crippen molar-refractivity contribution in [1.29, 1.82) is 0 Å². The van der Waals surface area contributed by atoms with Crippen LogP contribution in [0.1, 0.15) is 13.8 Å². The van der Waals surface area contributed by atoms with Gasteiger partial charge in [0.15, 0.2) is 0 Å². The largest absolute Gasteiger partial charge is 0.332 e. The van der Waals surface area contributed by atoms with Gasteiger partial charge in [0.2, 0.25) is 5.91 Å². The molecule has 0 aromatic carbocycles. The van der Waals surface area contributed by atoms with Crippen molar-refractivity contribution in [2.45, 2.75) is 19.4 Å². The quantitative estimate of drug-likeness (QED) is 0.760. The highest BCUT2D eigenvalue weighted by molar-refractivity contribution is 9.11. The molecule has 0 spiro atoms. The summed E-state index contributed by atoms with van der Waals surface area (Å²) < 4.78 is 1.55. The number of hydrogen-bond acceptors (Lipinski definition) is 4. The van der Waals surface area contributed by atoms with E-state index in [-0.39, 0.29) is 18.4 Å². The minimum Gasteiger partial charge on any atom is -0.332 e. The van der Waals surface area contributed by atoms with Gasteiger partial charge in [0.05, 0.1) is 11.0 Å². The molecule has 5 nitrogen and oxygen atoms in total. The third-order valence-corrected chi connectivity index (χ3v) is 3.85. The second-order valence-corrected chi connectivity index (χ2v) is 6.25. The maximum absolute atomic E-state index is 11.9. The summed E-state index contributed by atoms with van der Waals surface area (Å²) in [5.74, 6) is -0.0716. The SMILES string of the molecule is CC1(C)C(=O)NC(=O)CN1c1ncc(Br)cc1Br. The van der Waals surface area contributed by atoms with E-state index in [1.54, 1.807) is 24.9 Å². The zero-order valence-corrected chi connectivity index (χ0v) is 13.0. The van der Waals surface area contributed by atoms with Gasteiger partial charge in [0, 0.05) is 10.7 Å². The minimum atomic E-state index is -0.822. The molecule has 0 bridgehead atoms. The molecule has 0 unspecified atom stereocenters. The number of hydrogen-bond donors (Lipinski definition) is 1. The van der Waals surface area contributed by atoms with Crippen LogP contribution in [-0.4, -0.2) is 28.9 Å². The fourth-order valence-electron chi connectivity index (χ4n) is 1.73. The Kier molecular flexibility index (Phi) is 3.46. The molecule has 1 fully saturated rings. The van der Waals surface area contributed by atoms with Gasteiger partial charge >= 0.3 is 0 Å². The van der Waals surface area contributed by atoms with Gasteiger partial charge in [0.1, 0.15) is 11.4 Å². The molecule has 0 radical (unpaired) electrons. The van der Waals surface area contributed by atoms with Crippen LogP contribution in [0.15, 0.2) is 21.2 Å². The molecule has 2 rings (SSSR count). The smallest absolute Gasteiger partial charge is 0.251 e. The monoisotopic (exact) mass is 375 g/mol. The van der Waals surface area contributed by atoms with Crippen molar-refractivity contribution in [3.05, 3.63) is 21.2 Å². The first kappa shape index (κ1) is 13.5. The van der Waals surface area contributed by atoms with Crippen molar-refractivity contribution in [3.8, 4) is 0 Å². The number of pyridine rings is 1. The van der Waals surface area contributed by atoms with Crippen LogP contribution in [0.3, 0.4) is 0 Å². The summed E-state index contributed by atoms with van der Waals surface area (Å²) in [4.78, 5) is 29.3. The lowest BCUT2D eigenvalue weighted by Gasteiger charge is -2.41. The number of piperazine rings is 1. The molecular formula is C11H11Br2N3O2.